The van der Waals surface area contributed by atoms with Crippen molar-refractivity contribution in [2.75, 3.05) is 40.0 Å². The van der Waals surface area contributed by atoms with Crippen molar-refractivity contribution in [3.05, 3.63) is 0 Å². The molecule has 3 heteroatoms. The van der Waals surface area contributed by atoms with E-state index in [1.165, 1.54) is 32.4 Å². The predicted octanol–water partition coefficient (Wildman–Crippen LogP) is 1.12. The molecule has 1 aliphatic rings. The van der Waals surface area contributed by atoms with Gasteiger partial charge in [-0.15, -0.1) is 0 Å². The molecule has 1 aliphatic heterocycles. The van der Waals surface area contributed by atoms with Crippen LogP contribution in [0.1, 0.15) is 25.7 Å². The lowest BCUT2D eigenvalue weighted by atomic mass is 9.94. The monoisotopic (exact) mass is 201 g/mol. The van der Waals surface area contributed by atoms with Crippen LogP contribution in [0, 0.1) is 5.92 Å². The van der Waals surface area contributed by atoms with Gasteiger partial charge in [0.05, 0.1) is 0 Å². The predicted molar refractivity (Wildman–Crippen MR) is 57.4 cm³/mol. The number of likely N-dealkylation sites (tertiary alicyclic amines) is 1. The van der Waals surface area contributed by atoms with Gasteiger partial charge in [-0.2, -0.15) is 0 Å². The Morgan fingerprint density at radius 3 is 2.64 bits per heavy atom. The fraction of sp³-hybridized carbons (Fsp3) is 1.00. The smallest absolute Gasteiger partial charge is 0.0464 e. The van der Waals surface area contributed by atoms with Crippen LogP contribution in [0.4, 0.5) is 0 Å². The van der Waals surface area contributed by atoms with Gasteiger partial charge in [0, 0.05) is 26.9 Å². The molecule has 14 heavy (non-hydrogen) atoms. The molecule has 0 aromatic heterocycles. The Hall–Kier alpha value is -0.120. The van der Waals surface area contributed by atoms with Gasteiger partial charge >= 0.3 is 0 Å². The van der Waals surface area contributed by atoms with E-state index in [9.17, 15) is 0 Å². The fourth-order valence-electron chi connectivity index (χ4n) is 2.08. The number of hydrogen-bond donors (Lipinski definition) is 1. The third-order valence-electron chi connectivity index (χ3n) is 3.07. The lowest BCUT2D eigenvalue weighted by molar-refractivity contribution is 0.130. The van der Waals surface area contributed by atoms with Crippen molar-refractivity contribution in [1.82, 2.24) is 4.90 Å². The molecule has 1 N–H and O–H groups in total. The minimum absolute atomic E-state index is 0.323. The molecule has 0 radical (unpaired) electrons. The topological polar surface area (TPSA) is 32.7 Å². The van der Waals surface area contributed by atoms with E-state index in [0.717, 1.165) is 25.5 Å². The second kappa shape index (κ2) is 7.21. The molecule has 0 unspecified atom stereocenters. The van der Waals surface area contributed by atoms with Crippen LogP contribution in [0.2, 0.25) is 0 Å². The molecule has 0 saturated carbocycles. The summed E-state index contributed by atoms with van der Waals surface area (Å²) in [4.78, 5) is 2.46. The number of ether oxygens (including phenoxy) is 1. The summed E-state index contributed by atoms with van der Waals surface area (Å²) in [5.74, 6) is 0.861. The minimum atomic E-state index is 0.323. The van der Waals surface area contributed by atoms with Gasteiger partial charge in [0.15, 0.2) is 0 Å². The summed E-state index contributed by atoms with van der Waals surface area (Å²) in [7, 11) is 1.77. The van der Waals surface area contributed by atoms with E-state index in [2.05, 4.69) is 4.90 Å². The molecule has 1 saturated heterocycles. The molecular formula is C11H23NO2. The van der Waals surface area contributed by atoms with Crippen molar-refractivity contribution in [3.63, 3.8) is 0 Å². The van der Waals surface area contributed by atoms with E-state index in [-0.39, 0.29) is 0 Å². The molecule has 0 aliphatic carbocycles. The summed E-state index contributed by atoms with van der Waals surface area (Å²) in [5, 5.41) is 8.72. The van der Waals surface area contributed by atoms with E-state index >= 15 is 0 Å². The molecule has 3 nitrogen and oxygen atoms in total. The second-order valence-corrected chi connectivity index (χ2v) is 4.14. The van der Waals surface area contributed by atoms with Gasteiger partial charge < -0.3 is 14.7 Å². The van der Waals surface area contributed by atoms with Gasteiger partial charge in [-0.05, 0) is 44.7 Å². The van der Waals surface area contributed by atoms with Crippen molar-refractivity contribution in [2.45, 2.75) is 25.7 Å². The molecule has 0 atom stereocenters. The van der Waals surface area contributed by atoms with Crippen molar-refractivity contribution in [2.24, 2.45) is 5.92 Å². The van der Waals surface area contributed by atoms with Gasteiger partial charge in [-0.25, -0.2) is 0 Å². The maximum atomic E-state index is 8.72. The van der Waals surface area contributed by atoms with Crippen molar-refractivity contribution in [1.29, 1.82) is 0 Å². The zero-order valence-corrected chi connectivity index (χ0v) is 9.24. The zero-order valence-electron chi connectivity index (χ0n) is 9.24. The summed E-state index contributed by atoms with van der Waals surface area (Å²) >= 11 is 0. The molecule has 1 fully saturated rings. The van der Waals surface area contributed by atoms with Crippen LogP contribution in [0.5, 0.6) is 0 Å². The minimum Gasteiger partial charge on any atom is -0.396 e. The first kappa shape index (κ1) is 12.0. The molecular weight excluding hydrogens is 178 g/mol. The summed E-state index contributed by atoms with van der Waals surface area (Å²) in [6.45, 7) is 4.70. The molecule has 84 valence electrons. The number of hydrogen-bond acceptors (Lipinski definition) is 3. The number of aliphatic hydroxyl groups is 1. The van der Waals surface area contributed by atoms with Gasteiger partial charge in [0.1, 0.15) is 0 Å². The van der Waals surface area contributed by atoms with Crippen LogP contribution in [0.15, 0.2) is 0 Å². The molecule has 0 amide bonds. The summed E-state index contributed by atoms with van der Waals surface area (Å²) in [5.41, 5.74) is 0. The van der Waals surface area contributed by atoms with Crippen LogP contribution >= 0.6 is 0 Å². The maximum Gasteiger partial charge on any atom is 0.0464 e. The summed E-state index contributed by atoms with van der Waals surface area (Å²) < 4.78 is 5.09. The van der Waals surface area contributed by atoms with Crippen molar-refractivity contribution < 1.29 is 9.84 Å². The molecule has 0 aromatic rings. The lowest BCUT2D eigenvalue weighted by Crippen LogP contribution is -2.35. The average Bonchev–Trinajstić information content (AvgIpc) is 2.25. The number of aliphatic hydroxyl groups excluding tert-OH is 1. The Bertz CT molecular complexity index is 117. The van der Waals surface area contributed by atoms with Gasteiger partial charge in [0.2, 0.25) is 0 Å². The first-order valence-electron chi connectivity index (χ1n) is 5.69. The number of piperidine rings is 1. The normalized spacial score (nSPS) is 20.1. The number of rotatable bonds is 6. The van der Waals surface area contributed by atoms with E-state index < -0.39 is 0 Å². The maximum absolute atomic E-state index is 8.72. The quantitative estimate of drug-likeness (QED) is 0.699. The van der Waals surface area contributed by atoms with E-state index in [1.54, 1.807) is 7.11 Å². The average molecular weight is 201 g/mol. The Kier molecular flexibility index (Phi) is 6.15. The highest BCUT2D eigenvalue weighted by molar-refractivity contribution is 4.71. The SMILES string of the molecule is COCCC1CCN(CCCO)CC1. The summed E-state index contributed by atoms with van der Waals surface area (Å²) in [6, 6.07) is 0. The Morgan fingerprint density at radius 2 is 2.07 bits per heavy atom. The molecule has 1 heterocycles. The second-order valence-electron chi connectivity index (χ2n) is 4.14. The molecule has 1 rings (SSSR count). The van der Waals surface area contributed by atoms with Crippen molar-refractivity contribution in [3.8, 4) is 0 Å². The Balaban J connectivity index is 2.05. The van der Waals surface area contributed by atoms with E-state index in [4.69, 9.17) is 9.84 Å². The van der Waals surface area contributed by atoms with Crippen LogP contribution in [-0.2, 0) is 4.74 Å². The first-order valence-corrected chi connectivity index (χ1v) is 5.69. The fourth-order valence-corrected chi connectivity index (χ4v) is 2.08. The Labute approximate surface area is 87.1 Å². The highest BCUT2D eigenvalue weighted by Crippen LogP contribution is 2.20. The van der Waals surface area contributed by atoms with E-state index in [1.807, 2.05) is 0 Å². The highest BCUT2D eigenvalue weighted by atomic mass is 16.5. The highest BCUT2D eigenvalue weighted by Gasteiger charge is 2.17. The van der Waals surface area contributed by atoms with E-state index in [0.29, 0.717) is 6.61 Å². The van der Waals surface area contributed by atoms with Gasteiger partial charge in [-0.1, -0.05) is 0 Å². The van der Waals surface area contributed by atoms with Crippen molar-refractivity contribution >= 4 is 0 Å². The Morgan fingerprint density at radius 1 is 1.36 bits per heavy atom. The lowest BCUT2D eigenvalue weighted by Gasteiger charge is -2.31. The largest absolute Gasteiger partial charge is 0.396 e. The molecule has 0 spiro atoms. The molecule has 0 aromatic carbocycles. The number of nitrogens with zero attached hydrogens (tertiary/aromatic N) is 1. The third-order valence-corrected chi connectivity index (χ3v) is 3.07. The van der Waals surface area contributed by atoms with Crippen LogP contribution < -0.4 is 0 Å². The van der Waals surface area contributed by atoms with Gasteiger partial charge in [0.25, 0.3) is 0 Å². The van der Waals surface area contributed by atoms with Gasteiger partial charge in [-0.3, -0.25) is 0 Å². The van der Waals surface area contributed by atoms with Crippen LogP contribution in [0.3, 0.4) is 0 Å². The van der Waals surface area contributed by atoms with Crippen LogP contribution in [-0.4, -0.2) is 50.0 Å². The van der Waals surface area contributed by atoms with Crippen LogP contribution in [0.25, 0.3) is 0 Å². The third kappa shape index (κ3) is 4.40. The summed E-state index contributed by atoms with van der Waals surface area (Å²) in [6.07, 6.45) is 4.73. The standard InChI is InChI=1S/C11H23NO2/c1-14-10-5-11-3-7-12(8-4-11)6-2-9-13/h11,13H,2-10H2,1H3. The molecule has 0 bridgehead atoms. The number of methoxy groups -OCH3 is 1. The first-order chi connectivity index (χ1) is 6.86. The zero-order chi connectivity index (χ0) is 10.2.